The number of alkyl halides is 5. The van der Waals surface area contributed by atoms with Crippen molar-refractivity contribution in [3.05, 3.63) is 47.9 Å². The SMILES string of the molecule is N#Cc1cc(F)cc(Oc2ccc(S(=O)(=O)C(F)(F)C(=O)C(F)(F)F)c3[nH]ncc23)c1. The van der Waals surface area contributed by atoms with Crippen molar-refractivity contribution in [2.75, 3.05) is 0 Å². The Morgan fingerprint density at radius 2 is 1.81 bits per heavy atom. The van der Waals surface area contributed by atoms with E-state index < -0.39 is 43.3 Å². The van der Waals surface area contributed by atoms with Gasteiger partial charge in [-0.15, -0.1) is 0 Å². The van der Waals surface area contributed by atoms with Crippen LogP contribution in [0.25, 0.3) is 10.9 Å². The molecule has 0 spiro atoms. The van der Waals surface area contributed by atoms with Gasteiger partial charge in [0.15, 0.2) is 0 Å². The number of rotatable bonds is 5. The number of H-pyrrole nitrogens is 1. The lowest BCUT2D eigenvalue weighted by Gasteiger charge is -2.18. The molecule has 0 radical (unpaired) electrons. The number of nitrogens with zero attached hydrogens (tertiary/aromatic N) is 2. The van der Waals surface area contributed by atoms with Crippen LogP contribution in [0.2, 0.25) is 0 Å². The molecule has 0 aliphatic heterocycles. The number of ether oxygens (including phenoxy) is 1. The van der Waals surface area contributed by atoms with Gasteiger partial charge in [0.05, 0.1) is 33.6 Å². The second-order valence-electron chi connectivity index (χ2n) is 5.96. The van der Waals surface area contributed by atoms with Crippen LogP contribution in [0.1, 0.15) is 5.56 Å². The lowest BCUT2D eigenvalue weighted by atomic mass is 10.2. The van der Waals surface area contributed by atoms with Crippen molar-refractivity contribution in [1.29, 1.82) is 5.26 Å². The Bertz CT molecular complexity index is 1340. The monoisotopic (exact) mass is 463 g/mol. The zero-order chi connectivity index (χ0) is 23.2. The van der Waals surface area contributed by atoms with Crippen molar-refractivity contribution < 1.29 is 44.3 Å². The van der Waals surface area contributed by atoms with Crippen LogP contribution in [0.4, 0.5) is 26.3 Å². The molecule has 0 saturated carbocycles. The van der Waals surface area contributed by atoms with Crippen LogP contribution in [0.3, 0.4) is 0 Å². The minimum Gasteiger partial charge on any atom is -0.456 e. The number of aromatic nitrogens is 2. The number of Topliss-reactive ketones (excluding diaryl/α,β-unsaturated/α-hetero) is 1. The molecule has 0 aliphatic rings. The summed E-state index contributed by atoms with van der Waals surface area (Å²) in [5.41, 5.74) is -0.799. The quantitative estimate of drug-likeness (QED) is 0.575. The molecule has 2 aromatic carbocycles. The van der Waals surface area contributed by atoms with E-state index in [9.17, 15) is 39.6 Å². The number of carbonyl (C=O) groups is 1. The normalized spacial score (nSPS) is 12.5. The molecule has 0 aliphatic carbocycles. The fourth-order valence-electron chi connectivity index (χ4n) is 2.54. The third kappa shape index (κ3) is 3.79. The number of halogens is 6. The van der Waals surface area contributed by atoms with E-state index in [1.807, 2.05) is 5.10 Å². The van der Waals surface area contributed by atoms with Crippen LogP contribution in [-0.2, 0) is 14.6 Å². The van der Waals surface area contributed by atoms with Gasteiger partial charge >= 0.3 is 17.2 Å². The summed E-state index contributed by atoms with van der Waals surface area (Å²) in [5, 5.41) is 8.27. The van der Waals surface area contributed by atoms with Gasteiger partial charge in [-0.25, -0.2) is 12.8 Å². The molecule has 3 rings (SSSR count). The van der Waals surface area contributed by atoms with E-state index in [4.69, 9.17) is 10.00 Å². The largest absolute Gasteiger partial charge is 0.457 e. The Hall–Kier alpha value is -3.60. The molecule has 3 aromatic rings. The summed E-state index contributed by atoms with van der Waals surface area (Å²) < 4.78 is 109. The zero-order valence-electron chi connectivity index (χ0n) is 14.7. The number of benzene rings is 2. The summed E-state index contributed by atoms with van der Waals surface area (Å²) in [4.78, 5) is 9.67. The van der Waals surface area contributed by atoms with Gasteiger partial charge in [-0.05, 0) is 24.3 Å². The van der Waals surface area contributed by atoms with Gasteiger partial charge in [0.25, 0.3) is 9.84 Å². The smallest absolute Gasteiger partial charge is 0.456 e. The van der Waals surface area contributed by atoms with E-state index >= 15 is 0 Å². The fourth-order valence-corrected chi connectivity index (χ4v) is 3.84. The van der Waals surface area contributed by atoms with Gasteiger partial charge in [0.2, 0.25) is 0 Å². The Labute approximate surface area is 168 Å². The van der Waals surface area contributed by atoms with Gasteiger partial charge < -0.3 is 4.74 Å². The van der Waals surface area contributed by atoms with Crippen LogP contribution in [0.15, 0.2) is 41.4 Å². The molecule has 1 N–H and O–H groups in total. The number of carbonyl (C=O) groups excluding carboxylic acids is 1. The first kappa shape index (κ1) is 22.1. The van der Waals surface area contributed by atoms with Crippen LogP contribution >= 0.6 is 0 Å². The van der Waals surface area contributed by atoms with Crippen molar-refractivity contribution in [3.8, 4) is 17.6 Å². The van der Waals surface area contributed by atoms with Crippen LogP contribution < -0.4 is 4.74 Å². The average Bonchev–Trinajstić information content (AvgIpc) is 3.16. The molecule has 7 nitrogen and oxygen atoms in total. The van der Waals surface area contributed by atoms with Crippen molar-refractivity contribution in [2.24, 2.45) is 0 Å². The third-order valence-electron chi connectivity index (χ3n) is 3.91. The molecule has 1 heterocycles. The maximum absolute atomic E-state index is 14.0. The molecule has 1 aromatic heterocycles. The van der Waals surface area contributed by atoms with Crippen LogP contribution in [-0.4, -0.2) is 35.8 Å². The minimum absolute atomic E-state index is 0.122. The first-order valence-corrected chi connectivity index (χ1v) is 9.36. The number of ketones is 1. The highest BCUT2D eigenvalue weighted by Crippen LogP contribution is 2.40. The minimum atomic E-state index is -6.16. The third-order valence-corrected chi connectivity index (χ3v) is 5.69. The molecule has 0 unspecified atom stereocenters. The first-order valence-electron chi connectivity index (χ1n) is 7.87. The second kappa shape index (κ2) is 7.27. The fraction of sp³-hybridized carbons (Fsp3) is 0.118. The summed E-state index contributed by atoms with van der Waals surface area (Å²) in [5.74, 6) is -5.06. The number of hydrogen-bond donors (Lipinski definition) is 1. The molecule has 0 bridgehead atoms. The lowest BCUT2D eigenvalue weighted by Crippen LogP contribution is -2.45. The highest BCUT2D eigenvalue weighted by atomic mass is 32.2. The van der Waals surface area contributed by atoms with Crippen molar-refractivity contribution >= 4 is 26.5 Å². The number of sulfone groups is 1. The topological polar surface area (TPSA) is 113 Å². The van der Waals surface area contributed by atoms with Gasteiger partial charge in [-0.2, -0.15) is 32.3 Å². The molecular weight excluding hydrogens is 456 g/mol. The van der Waals surface area contributed by atoms with Crippen molar-refractivity contribution in [1.82, 2.24) is 10.2 Å². The molecule has 14 heteroatoms. The Morgan fingerprint density at radius 3 is 2.42 bits per heavy atom. The van der Waals surface area contributed by atoms with Gasteiger partial charge in [0.1, 0.15) is 17.3 Å². The molecular formula is C17H7F6N3O4S. The van der Waals surface area contributed by atoms with E-state index in [-0.39, 0.29) is 22.4 Å². The summed E-state index contributed by atoms with van der Waals surface area (Å²) in [6.07, 6.45) is -5.19. The van der Waals surface area contributed by atoms with E-state index in [0.29, 0.717) is 6.07 Å². The summed E-state index contributed by atoms with van der Waals surface area (Å²) in [6.45, 7) is 0. The van der Waals surface area contributed by atoms with E-state index in [1.54, 1.807) is 6.07 Å². The highest BCUT2D eigenvalue weighted by Gasteiger charge is 2.63. The van der Waals surface area contributed by atoms with E-state index in [1.165, 1.54) is 0 Å². The maximum atomic E-state index is 14.0. The van der Waals surface area contributed by atoms with Crippen molar-refractivity contribution in [2.45, 2.75) is 16.3 Å². The second-order valence-corrected chi connectivity index (χ2v) is 7.92. The van der Waals surface area contributed by atoms with Gasteiger partial charge in [0, 0.05) is 6.07 Å². The Kier molecular flexibility index (Phi) is 5.18. The predicted molar refractivity (Wildman–Crippen MR) is 90.5 cm³/mol. The van der Waals surface area contributed by atoms with E-state index in [2.05, 4.69) is 5.10 Å². The average molecular weight is 463 g/mol. The molecule has 162 valence electrons. The molecule has 0 atom stereocenters. The van der Waals surface area contributed by atoms with Gasteiger partial charge in [-0.1, -0.05) is 0 Å². The number of aromatic amines is 1. The molecule has 0 fully saturated rings. The maximum Gasteiger partial charge on any atom is 0.457 e. The molecule has 0 amide bonds. The van der Waals surface area contributed by atoms with Crippen molar-refractivity contribution in [3.63, 3.8) is 0 Å². The standard InChI is InChI=1S/C17H7F6N3O4S/c18-9-3-8(6-24)4-10(5-9)30-12-1-2-13(14-11(12)7-25-26-14)31(28,29)17(22,23)15(27)16(19,20)21/h1-5,7H,(H,25,26). The van der Waals surface area contributed by atoms with Crippen LogP contribution in [0.5, 0.6) is 11.5 Å². The molecule has 31 heavy (non-hydrogen) atoms. The lowest BCUT2D eigenvalue weighted by molar-refractivity contribution is -0.186. The number of nitrogens with one attached hydrogen (secondary N) is 1. The number of nitriles is 1. The van der Waals surface area contributed by atoms with Gasteiger partial charge in [-0.3, -0.25) is 9.89 Å². The van der Waals surface area contributed by atoms with E-state index in [0.717, 1.165) is 30.5 Å². The number of hydrogen-bond acceptors (Lipinski definition) is 6. The number of fused-ring (bicyclic) bond motifs is 1. The molecule has 0 saturated heterocycles. The first-order chi connectivity index (χ1) is 14.3. The Morgan fingerprint density at radius 1 is 1.13 bits per heavy atom. The summed E-state index contributed by atoms with van der Waals surface area (Å²) in [6, 6.07) is 5.84. The predicted octanol–water partition coefficient (Wildman–Crippen LogP) is 3.86. The Balaban J connectivity index is 2.11. The zero-order valence-corrected chi connectivity index (χ0v) is 15.5. The summed E-state index contributed by atoms with van der Waals surface area (Å²) >= 11 is 0. The van der Waals surface area contributed by atoms with Crippen LogP contribution in [0, 0.1) is 17.1 Å². The summed E-state index contributed by atoms with van der Waals surface area (Å²) in [7, 11) is -6.16. The highest BCUT2D eigenvalue weighted by molar-refractivity contribution is 7.93.